The number of para-hydroxylation sites is 1. The second-order valence-electron chi connectivity index (χ2n) is 11.7. The summed E-state index contributed by atoms with van der Waals surface area (Å²) >= 11 is 0. The number of likely N-dealkylation sites (N-methyl/N-ethyl adjacent to an activating group) is 1. The number of carboxylic acid groups (broad SMARTS) is 1. The molecule has 1 saturated heterocycles. The first kappa shape index (κ1) is 29.2. The standard InChI is InChI=1S/C33H42N4O3.CH4/c1-2-34-17-19-36(20-18-34)30(38)13-8-16-35-21-22-37-29-23-25(33(39)40)14-15-26(29)31(24-9-4-3-5-10-24)32(37)27-11-6-7-12-28(27)35;/h6-7,11-12,14-15,23-24H,2-5,8-10,13,16-22H2,1H3,(H,39,40);1H4. The van der Waals surface area contributed by atoms with Crippen LogP contribution in [0.5, 0.6) is 0 Å². The zero-order valence-electron chi connectivity index (χ0n) is 23.8. The molecule has 1 N–H and O–H groups in total. The molecule has 3 aromatic rings. The Morgan fingerprint density at radius 2 is 1.68 bits per heavy atom. The minimum atomic E-state index is -0.881. The number of carbonyl (C=O) groups excluding carboxylic acids is 1. The summed E-state index contributed by atoms with van der Waals surface area (Å²) in [6.07, 6.45) is 7.58. The first-order chi connectivity index (χ1) is 19.5. The van der Waals surface area contributed by atoms with Gasteiger partial charge in [-0.3, -0.25) is 4.79 Å². The summed E-state index contributed by atoms with van der Waals surface area (Å²) in [6, 6.07) is 14.4. The Morgan fingerprint density at radius 1 is 0.927 bits per heavy atom. The van der Waals surface area contributed by atoms with Gasteiger partial charge in [-0.1, -0.05) is 57.9 Å². The minimum Gasteiger partial charge on any atom is -0.478 e. The Balaban J connectivity index is 0.00000337. The van der Waals surface area contributed by atoms with E-state index < -0.39 is 5.97 Å². The van der Waals surface area contributed by atoms with Gasteiger partial charge in [-0.15, -0.1) is 0 Å². The van der Waals surface area contributed by atoms with Crippen LogP contribution in [-0.2, 0) is 11.3 Å². The van der Waals surface area contributed by atoms with Crippen LogP contribution in [-0.4, -0.2) is 77.2 Å². The zero-order valence-corrected chi connectivity index (χ0v) is 23.8. The molecule has 41 heavy (non-hydrogen) atoms. The molecule has 2 aromatic carbocycles. The van der Waals surface area contributed by atoms with E-state index in [4.69, 9.17) is 0 Å². The van der Waals surface area contributed by atoms with Crippen molar-refractivity contribution in [2.75, 3.05) is 50.7 Å². The second kappa shape index (κ2) is 12.7. The molecule has 3 heterocycles. The fourth-order valence-electron chi connectivity index (χ4n) is 7.25. The largest absolute Gasteiger partial charge is 0.478 e. The fraction of sp³-hybridized carbons (Fsp3) is 0.529. The number of aromatic carboxylic acids is 1. The number of benzene rings is 2. The van der Waals surface area contributed by atoms with Gasteiger partial charge in [-0.2, -0.15) is 0 Å². The molecule has 220 valence electrons. The molecule has 7 heteroatoms. The molecule has 1 saturated carbocycles. The van der Waals surface area contributed by atoms with Crippen molar-refractivity contribution in [3.05, 3.63) is 53.6 Å². The molecular formula is C34H46N4O3. The molecule has 0 bridgehead atoms. The van der Waals surface area contributed by atoms with Gasteiger partial charge < -0.3 is 24.4 Å². The van der Waals surface area contributed by atoms with Crippen LogP contribution in [0, 0.1) is 0 Å². The summed E-state index contributed by atoms with van der Waals surface area (Å²) in [7, 11) is 0. The summed E-state index contributed by atoms with van der Waals surface area (Å²) in [5.74, 6) is -0.112. The van der Waals surface area contributed by atoms with Crippen molar-refractivity contribution < 1.29 is 14.7 Å². The Labute approximate surface area is 244 Å². The summed E-state index contributed by atoms with van der Waals surface area (Å²) in [5.41, 5.74) is 6.51. The van der Waals surface area contributed by atoms with Crippen molar-refractivity contribution in [3.8, 4) is 11.3 Å². The fourth-order valence-corrected chi connectivity index (χ4v) is 7.25. The Bertz CT molecular complexity index is 1380. The average molecular weight is 559 g/mol. The lowest BCUT2D eigenvalue weighted by Crippen LogP contribution is -2.48. The molecule has 6 rings (SSSR count). The van der Waals surface area contributed by atoms with Gasteiger partial charge in [0.1, 0.15) is 0 Å². The van der Waals surface area contributed by atoms with E-state index in [-0.39, 0.29) is 13.3 Å². The molecule has 0 atom stereocenters. The maximum Gasteiger partial charge on any atom is 0.335 e. The zero-order chi connectivity index (χ0) is 27.6. The van der Waals surface area contributed by atoms with Crippen molar-refractivity contribution in [2.45, 2.75) is 71.8 Å². The predicted molar refractivity (Wildman–Crippen MR) is 167 cm³/mol. The number of rotatable bonds is 7. The number of piperazine rings is 1. The Morgan fingerprint density at radius 3 is 2.41 bits per heavy atom. The summed E-state index contributed by atoms with van der Waals surface area (Å²) in [6.45, 7) is 9.31. The highest BCUT2D eigenvalue weighted by atomic mass is 16.4. The molecule has 2 aliphatic heterocycles. The molecule has 3 aliphatic rings. The van der Waals surface area contributed by atoms with Gasteiger partial charge >= 0.3 is 5.97 Å². The van der Waals surface area contributed by atoms with Crippen molar-refractivity contribution in [1.29, 1.82) is 0 Å². The lowest BCUT2D eigenvalue weighted by Gasteiger charge is -2.34. The first-order valence-corrected chi connectivity index (χ1v) is 15.3. The number of amides is 1. The predicted octanol–water partition coefficient (Wildman–Crippen LogP) is 6.45. The van der Waals surface area contributed by atoms with Gasteiger partial charge in [0.2, 0.25) is 5.91 Å². The maximum absolute atomic E-state index is 13.0. The van der Waals surface area contributed by atoms with E-state index in [1.807, 2.05) is 11.0 Å². The van der Waals surface area contributed by atoms with Gasteiger partial charge in [0.05, 0.1) is 11.3 Å². The summed E-state index contributed by atoms with van der Waals surface area (Å²) < 4.78 is 2.39. The first-order valence-electron chi connectivity index (χ1n) is 15.3. The third kappa shape index (κ3) is 5.74. The van der Waals surface area contributed by atoms with Gasteiger partial charge in [-0.05, 0) is 55.5 Å². The smallest absolute Gasteiger partial charge is 0.335 e. The molecule has 1 aliphatic carbocycles. The number of hydrogen-bond acceptors (Lipinski definition) is 4. The third-order valence-corrected chi connectivity index (χ3v) is 9.45. The molecule has 0 spiro atoms. The SMILES string of the molecule is C.CCN1CCN(C(=O)CCCN2CCn3c(c(C4CCCCC4)c4ccc(C(=O)O)cc43)-c3ccccc32)CC1. The molecule has 7 nitrogen and oxygen atoms in total. The summed E-state index contributed by atoms with van der Waals surface area (Å²) in [4.78, 5) is 31.8. The quantitative estimate of drug-likeness (QED) is 0.361. The number of carbonyl (C=O) groups is 2. The van der Waals surface area contributed by atoms with Crippen molar-refractivity contribution in [1.82, 2.24) is 14.4 Å². The number of fused-ring (bicyclic) bond motifs is 5. The summed E-state index contributed by atoms with van der Waals surface area (Å²) in [5, 5.41) is 11.0. The van der Waals surface area contributed by atoms with Gasteiger partial charge in [0, 0.05) is 74.4 Å². The lowest BCUT2D eigenvalue weighted by molar-refractivity contribution is -0.133. The van der Waals surface area contributed by atoms with Gasteiger partial charge in [0.25, 0.3) is 0 Å². The van der Waals surface area contributed by atoms with Crippen LogP contribution >= 0.6 is 0 Å². The van der Waals surface area contributed by atoms with E-state index in [0.717, 1.165) is 64.3 Å². The Hall–Kier alpha value is -3.32. The van der Waals surface area contributed by atoms with E-state index in [2.05, 4.69) is 51.6 Å². The van der Waals surface area contributed by atoms with Crippen molar-refractivity contribution >= 4 is 28.5 Å². The number of nitrogens with zero attached hydrogens (tertiary/aromatic N) is 4. The van der Waals surface area contributed by atoms with Crippen molar-refractivity contribution in [3.63, 3.8) is 0 Å². The number of hydrogen-bond donors (Lipinski definition) is 1. The molecule has 2 fully saturated rings. The van der Waals surface area contributed by atoms with Crippen LogP contribution in [0.2, 0.25) is 0 Å². The highest BCUT2D eigenvalue weighted by Crippen LogP contribution is 2.47. The molecule has 1 amide bonds. The van der Waals surface area contributed by atoms with Gasteiger partial charge in [0.15, 0.2) is 0 Å². The Kier molecular flexibility index (Phi) is 9.03. The van der Waals surface area contributed by atoms with Crippen LogP contribution in [0.1, 0.15) is 81.1 Å². The molecule has 0 unspecified atom stereocenters. The van der Waals surface area contributed by atoms with Crippen LogP contribution in [0.25, 0.3) is 22.2 Å². The van der Waals surface area contributed by atoms with E-state index in [1.165, 1.54) is 60.0 Å². The average Bonchev–Trinajstić information content (AvgIpc) is 3.23. The molecule has 1 aromatic heterocycles. The van der Waals surface area contributed by atoms with E-state index in [0.29, 0.717) is 17.9 Å². The normalized spacial score (nSPS) is 18.0. The molecule has 0 radical (unpaired) electrons. The number of carboxylic acids is 1. The lowest BCUT2D eigenvalue weighted by atomic mass is 9.81. The van der Waals surface area contributed by atoms with Crippen LogP contribution in [0.3, 0.4) is 0 Å². The molecular weight excluding hydrogens is 512 g/mol. The van der Waals surface area contributed by atoms with Crippen molar-refractivity contribution in [2.24, 2.45) is 0 Å². The highest BCUT2D eigenvalue weighted by Gasteiger charge is 2.30. The maximum atomic E-state index is 13.0. The topological polar surface area (TPSA) is 69.0 Å². The number of aromatic nitrogens is 1. The van der Waals surface area contributed by atoms with E-state index in [1.54, 1.807) is 6.07 Å². The second-order valence-corrected chi connectivity index (χ2v) is 11.7. The highest BCUT2D eigenvalue weighted by molar-refractivity contribution is 5.99. The van der Waals surface area contributed by atoms with E-state index in [9.17, 15) is 14.7 Å². The van der Waals surface area contributed by atoms with Crippen LogP contribution in [0.4, 0.5) is 5.69 Å². The monoisotopic (exact) mass is 558 g/mol. The minimum absolute atomic E-state index is 0. The van der Waals surface area contributed by atoms with Crippen LogP contribution in [0.15, 0.2) is 42.5 Å². The van der Waals surface area contributed by atoms with Gasteiger partial charge in [-0.25, -0.2) is 4.79 Å². The number of anilines is 1. The van der Waals surface area contributed by atoms with Crippen LogP contribution < -0.4 is 4.90 Å². The third-order valence-electron chi connectivity index (χ3n) is 9.45. The van der Waals surface area contributed by atoms with E-state index >= 15 is 0 Å².